The van der Waals surface area contributed by atoms with Crippen LogP contribution < -0.4 is 0 Å². The van der Waals surface area contributed by atoms with Crippen LogP contribution in [0.4, 0.5) is 0 Å². The average molecular weight is 234 g/mol. The second kappa shape index (κ2) is 4.32. The molecule has 17 heavy (non-hydrogen) atoms. The predicted octanol–water partition coefficient (Wildman–Crippen LogP) is 3.63. The summed E-state index contributed by atoms with van der Waals surface area (Å²) in [6.45, 7) is 7.90. The molecule has 0 saturated heterocycles. The third-order valence-corrected chi connectivity index (χ3v) is 3.54. The number of allylic oxidation sites excluding steroid dienone is 3. The molecule has 94 valence electrons. The lowest BCUT2D eigenvalue weighted by Gasteiger charge is -2.33. The van der Waals surface area contributed by atoms with Gasteiger partial charge in [0.2, 0.25) is 0 Å². The Morgan fingerprint density at radius 1 is 1.47 bits per heavy atom. The number of ether oxygens (including phenoxy) is 1. The van der Waals surface area contributed by atoms with Gasteiger partial charge < -0.3 is 4.74 Å². The van der Waals surface area contributed by atoms with Crippen molar-refractivity contribution in [2.24, 2.45) is 11.8 Å². The van der Waals surface area contributed by atoms with Crippen LogP contribution in [0.5, 0.6) is 0 Å². The van der Waals surface area contributed by atoms with Crippen LogP contribution in [-0.2, 0) is 9.53 Å². The van der Waals surface area contributed by atoms with Gasteiger partial charge in [-0.15, -0.1) is 0 Å². The van der Waals surface area contributed by atoms with E-state index < -0.39 is 5.60 Å². The van der Waals surface area contributed by atoms with Crippen LogP contribution in [0.2, 0.25) is 0 Å². The van der Waals surface area contributed by atoms with Crippen LogP contribution in [0.1, 0.15) is 47.0 Å². The summed E-state index contributed by atoms with van der Waals surface area (Å²) in [5, 5.41) is 0. The maximum absolute atomic E-state index is 11.7. The van der Waals surface area contributed by atoms with Gasteiger partial charge in [0, 0.05) is 12.0 Å². The standard InChI is InChI=1S/C15H22O2/c1-5-10-6-11-8-12(13(11)7-10)9-14(16)17-15(2,3)4/h7,9,11,13H,5-6,8H2,1-4H3/t11-,13-/m0/s1. The molecule has 0 aromatic heterocycles. The molecule has 0 N–H and O–H groups in total. The van der Waals surface area contributed by atoms with Crippen LogP contribution in [0, 0.1) is 11.8 Å². The van der Waals surface area contributed by atoms with E-state index in [4.69, 9.17) is 4.74 Å². The molecule has 2 heteroatoms. The summed E-state index contributed by atoms with van der Waals surface area (Å²) < 4.78 is 5.31. The van der Waals surface area contributed by atoms with E-state index in [2.05, 4.69) is 13.0 Å². The van der Waals surface area contributed by atoms with Crippen molar-refractivity contribution in [3.05, 3.63) is 23.3 Å². The number of carbonyl (C=O) groups excluding carboxylic acids is 1. The summed E-state index contributed by atoms with van der Waals surface area (Å²) in [4.78, 5) is 11.7. The number of esters is 1. The third kappa shape index (κ3) is 2.80. The van der Waals surface area contributed by atoms with Crippen molar-refractivity contribution in [3.8, 4) is 0 Å². The van der Waals surface area contributed by atoms with Gasteiger partial charge in [-0.1, -0.05) is 24.1 Å². The first-order valence-electron chi connectivity index (χ1n) is 6.52. The van der Waals surface area contributed by atoms with Gasteiger partial charge in [-0.3, -0.25) is 0 Å². The topological polar surface area (TPSA) is 26.3 Å². The second-order valence-corrected chi connectivity index (χ2v) is 6.13. The molecule has 0 heterocycles. The Bertz CT molecular complexity index is 382. The number of rotatable bonds is 2. The summed E-state index contributed by atoms with van der Waals surface area (Å²) >= 11 is 0. The molecule has 1 fully saturated rings. The third-order valence-electron chi connectivity index (χ3n) is 3.54. The zero-order chi connectivity index (χ0) is 12.6. The van der Waals surface area contributed by atoms with Crippen LogP contribution in [0.25, 0.3) is 0 Å². The number of carbonyl (C=O) groups is 1. The normalized spacial score (nSPS) is 29.6. The molecule has 2 aliphatic rings. The van der Waals surface area contributed by atoms with Gasteiger partial charge in [0.1, 0.15) is 5.60 Å². The lowest BCUT2D eigenvalue weighted by molar-refractivity contribution is -0.148. The molecule has 0 amide bonds. The molecule has 2 nitrogen and oxygen atoms in total. The highest BCUT2D eigenvalue weighted by Crippen LogP contribution is 2.50. The van der Waals surface area contributed by atoms with Crippen molar-refractivity contribution in [2.75, 3.05) is 0 Å². The van der Waals surface area contributed by atoms with E-state index in [0.717, 1.165) is 18.8 Å². The Balaban J connectivity index is 1.97. The SMILES string of the molecule is CCC1=C[C@@H]2C(=CC(=O)OC(C)(C)C)C[C@@H]2C1. The summed E-state index contributed by atoms with van der Waals surface area (Å²) in [6.07, 6.45) is 7.51. The number of fused-ring (bicyclic) bond motifs is 1. The molecule has 2 rings (SSSR count). The van der Waals surface area contributed by atoms with Crippen LogP contribution in [0.15, 0.2) is 23.3 Å². The van der Waals surface area contributed by atoms with Crippen molar-refractivity contribution in [2.45, 2.75) is 52.6 Å². The van der Waals surface area contributed by atoms with Gasteiger partial charge >= 0.3 is 5.97 Å². The Morgan fingerprint density at radius 2 is 2.18 bits per heavy atom. The Hall–Kier alpha value is -1.05. The smallest absolute Gasteiger partial charge is 0.331 e. The largest absolute Gasteiger partial charge is 0.457 e. The fraction of sp³-hybridized carbons (Fsp3) is 0.667. The minimum atomic E-state index is -0.391. The van der Waals surface area contributed by atoms with Crippen LogP contribution in [0.3, 0.4) is 0 Å². The summed E-state index contributed by atoms with van der Waals surface area (Å²) in [7, 11) is 0. The van der Waals surface area contributed by atoms with E-state index in [1.54, 1.807) is 11.6 Å². The quantitative estimate of drug-likeness (QED) is 0.414. The highest BCUT2D eigenvalue weighted by molar-refractivity contribution is 5.83. The zero-order valence-corrected chi connectivity index (χ0v) is 11.2. The maximum Gasteiger partial charge on any atom is 0.331 e. The van der Waals surface area contributed by atoms with E-state index in [1.807, 2.05) is 20.8 Å². The van der Waals surface area contributed by atoms with Crippen LogP contribution in [-0.4, -0.2) is 11.6 Å². The second-order valence-electron chi connectivity index (χ2n) is 6.13. The fourth-order valence-corrected chi connectivity index (χ4v) is 2.71. The summed E-state index contributed by atoms with van der Waals surface area (Å²) in [5.41, 5.74) is 2.41. The van der Waals surface area contributed by atoms with E-state index in [0.29, 0.717) is 5.92 Å². The molecular formula is C15H22O2. The molecule has 0 radical (unpaired) electrons. The first kappa shape index (κ1) is 12.4. The van der Waals surface area contributed by atoms with Gasteiger partial charge in [-0.05, 0) is 46.0 Å². The molecular weight excluding hydrogens is 212 g/mol. The fourth-order valence-electron chi connectivity index (χ4n) is 2.71. The van der Waals surface area contributed by atoms with E-state index >= 15 is 0 Å². The highest BCUT2D eigenvalue weighted by atomic mass is 16.6. The first-order valence-corrected chi connectivity index (χ1v) is 6.52. The highest BCUT2D eigenvalue weighted by Gasteiger charge is 2.39. The zero-order valence-electron chi connectivity index (χ0n) is 11.2. The monoisotopic (exact) mass is 234 g/mol. The molecule has 2 aliphatic carbocycles. The van der Waals surface area contributed by atoms with Crippen molar-refractivity contribution >= 4 is 5.97 Å². The minimum absolute atomic E-state index is 0.190. The van der Waals surface area contributed by atoms with Crippen molar-refractivity contribution in [3.63, 3.8) is 0 Å². The molecule has 2 atom stereocenters. The first-order chi connectivity index (χ1) is 7.89. The molecule has 0 bridgehead atoms. The summed E-state index contributed by atoms with van der Waals surface area (Å²) in [6, 6.07) is 0. The molecule has 1 saturated carbocycles. The van der Waals surface area contributed by atoms with Gasteiger partial charge in [0.25, 0.3) is 0 Å². The molecule has 0 aliphatic heterocycles. The Kier molecular flexibility index (Phi) is 3.15. The Morgan fingerprint density at radius 3 is 2.76 bits per heavy atom. The molecule has 0 aromatic rings. The van der Waals surface area contributed by atoms with Crippen molar-refractivity contribution in [1.29, 1.82) is 0 Å². The van der Waals surface area contributed by atoms with E-state index in [-0.39, 0.29) is 5.97 Å². The minimum Gasteiger partial charge on any atom is -0.457 e. The molecule has 0 aromatic carbocycles. The van der Waals surface area contributed by atoms with Gasteiger partial charge in [0.15, 0.2) is 0 Å². The lowest BCUT2D eigenvalue weighted by Crippen LogP contribution is -2.27. The number of hydrogen-bond donors (Lipinski definition) is 0. The number of hydrogen-bond acceptors (Lipinski definition) is 2. The van der Waals surface area contributed by atoms with Crippen molar-refractivity contribution in [1.82, 2.24) is 0 Å². The molecule has 0 unspecified atom stereocenters. The lowest BCUT2D eigenvalue weighted by atomic mass is 9.71. The van der Waals surface area contributed by atoms with Crippen LogP contribution >= 0.6 is 0 Å². The van der Waals surface area contributed by atoms with Gasteiger partial charge in [-0.2, -0.15) is 0 Å². The molecule has 0 spiro atoms. The van der Waals surface area contributed by atoms with E-state index in [1.165, 1.54) is 12.0 Å². The average Bonchev–Trinajstić information content (AvgIpc) is 2.49. The summed E-state index contributed by atoms with van der Waals surface area (Å²) in [5.74, 6) is 1.10. The van der Waals surface area contributed by atoms with E-state index in [9.17, 15) is 4.79 Å². The predicted molar refractivity (Wildman–Crippen MR) is 68.5 cm³/mol. The van der Waals surface area contributed by atoms with Gasteiger partial charge in [0.05, 0.1) is 0 Å². The maximum atomic E-state index is 11.7. The van der Waals surface area contributed by atoms with Crippen molar-refractivity contribution < 1.29 is 9.53 Å². The Labute approximate surface area is 104 Å². The van der Waals surface area contributed by atoms with Gasteiger partial charge in [-0.25, -0.2) is 4.79 Å².